The molecule has 1 aliphatic rings. The first-order chi connectivity index (χ1) is 11.6. The van der Waals surface area contributed by atoms with E-state index in [1.165, 1.54) is 6.08 Å². The van der Waals surface area contributed by atoms with Gasteiger partial charge in [-0.25, -0.2) is 0 Å². The van der Waals surface area contributed by atoms with Crippen LogP contribution in [0.25, 0.3) is 0 Å². The molecule has 0 saturated carbocycles. The van der Waals surface area contributed by atoms with Crippen LogP contribution in [0.2, 0.25) is 0 Å². The Labute approximate surface area is 197 Å². The number of aliphatic hydroxyl groups is 5. The smallest absolute Gasteiger partial charge is 0.714 e. The maximum atomic E-state index is 10.5. The van der Waals surface area contributed by atoms with Crippen LogP contribution in [0.1, 0.15) is 12.8 Å². The maximum Gasteiger partial charge on any atom is 1.00 e. The van der Waals surface area contributed by atoms with Crippen LogP contribution in [0, 0.1) is 0 Å². The van der Waals surface area contributed by atoms with Gasteiger partial charge >= 0.3 is 51.4 Å². The van der Waals surface area contributed by atoms with E-state index in [1.807, 2.05) is 0 Å². The molecule has 0 spiro atoms. The standard InChI is InChI=1S/C12H21NO10S2.K/c1-2-3-6(15)4-8(13-23-25(19,20)21)24-12-11(18)10(17)9(16)7(5-14)22-12;/h2,6-7,9-12,14-18H,1,3-5H2,(H,19,20,21);/q;+1/p-1/b13-8-;/t6?,7-,9-,10+,11-,12+;/m1./s1. The summed E-state index contributed by atoms with van der Waals surface area (Å²) < 4.78 is 40.6. The summed E-state index contributed by atoms with van der Waals surface area (Å²) in [5.74, 6) is 0. The molecule has 6 atom stereocenters. The summed E-state index contributed by atoms with van der Waals surface area (Å²) in [4.78, 5) is 0. The largest absolute Gasteiger partial charge is 1.00 e. The van der Waals surface area contributed by atoms with Gasteiger partial charge in [-0.05, 0) is 6.42 Å². The van der Waals surface area contributed by atoms with Crippen LogP contribution in [0.15, 0.2) is 17.8 Å². The number of hydrogen-bond acceptors (Lipinski definition) is 12. The van der Waals surface area contributed by atoms with Crippen LogP contribution >= 0.6 is 11.8 Å². The van der Waals surface area contributed by atoms with E-state index in [2.05, 4.69) is 16.0 Å². The summed E-state index contributed by atoms with van der Waals surface area (Å²) in [6, 6.07) is 0. The summed E-state index contributed by atoms with van der Waals surface area (Å²) in [5, 5.41) is 51.2. The molecule has 1 rings (SSSR count). The molecule has 1 unspecified atom stereocenters. The van der Waals surface area contributed by atoms with Crippen molar-refractivity contribution in [2.24, 2.45) is 5.16 Å². The van der Waals surface area contributed by atoms with Gasteiger partial charge in [0, 0.05) is 6.42 Å². The van der Waals surface area contributed by atoms with Gasteiger partial charge in [-0.3, -0.25) is 4.28 Å². The third kappa shape index (κ3) is 8.91. The molecule has 0 bridgehead atoms. The molecular weight excluding hydrogens is 421 g/mol. The average molecular weight is 442 g/mol. The number of ether oxygens (including phenoxy) is 1. The first-order valence-electron chi connectivity index (χ1n) is 7.06. The molecule has 0 aromatic rings. The van der Waals surface area contributed by atoms with Gasteiger partial charge in [-0.2, -0.15) is 8.42 Å². The van der Waals surface area contributed by atoms with Crippen molar-refractivity contribution >= 4 is 27.2 Å². The van der Waals surface area contributed by atoms with Gasteiger partial charge in [-0.1, -0.05) is 23.0 Å². The number of oxime groups is 1. The summed E-state index contributed by atoms with van der Waals surface area (Å²) in [6.07, 6.45) is -5.79. The van der Waals surface area contributed by atoms with E-state index in [1.54, 1.807) is 0 Å². The Kier molecular flexibility index (Phi) is 12.8. The zero-order valence-corrected chi connectivity index (χ0v) is 18.7. The molecule has 1 saturated heterocycles. The Bertz CT molecular complexity index is 572. The molecule has 0 amide bonds. The van der Waals surface area contributed by atoms with Gasteiger partial charge in [0.1, 0.15) is 34.9 Å². The van der Waals surface area contributed by atoms with Gasteiger partial charge in [-0.15, -0.1) is 6.58 Å². The predicted octanol–water partition coefficient (Wildman–Crippen LogP) is -5.36. The number of nitrogens with zero attached hydrogens (tertiary/aromatic N) is 1. The van der Waals surface area contributed by atoms with E-state index in [0.717, 1.165) is 0 Å². The molecule has 11 nitrogen and oxygen atoms in total. The normalized spacial score (nSPS) is 31.0. The number of rotatable bonds is 8. The van der Waals surface area contributed by atoms with Crippen molar-refractivity contribution in [1.29, 1.82) is 0 Å². The van der Waals surface area contributed by atoms with Crippen molar-refractivity contribution in [1.82, 2.24) is 0 Å². The quantitative estimate of drug-likeness (QED) is 0.0460. The fourth-order valence-electron chi connectivity index (χ4n) is 1.97. The van der Waals surface area contributed by atoms with E-state index in [4.69, 9.17) is 9.84 Å². The second-order valence-corrected chi connectivity index (χ2v) is 7.30. The zero-order chi connectivity index (χ0) is 19.2. The van der Waals surface area contributed by atoms with E-state index < -0.39 is 53.0 Å². The molecule has 0 aromatic carbocycles. The van der Waals surface area contributed by atoms with Crippen LogP contribution < -0.4 is 51.4 Å². The second-order valence-electron chi connectivity index (χ2n) is 5.17. The van der Waals surface area contributed by atoms with E-state index >= 15 is 0 Å². The monoisotopic (exact) mass is 441 g/mol. The SMILES string of the molecule is C=CCC(O)C/C(=N/OS(=O)(=O)[O-])S[C@@H]1O[C@H](CO)[C@@H](O)[C@H](O)[C@H]1O.[K+]. The summed E-state index contributed by atoms with van der Waals surface area (Å²) in [7, 11) is -5.14. The molecule has 0 aliphatic carbocycles. The zero-order valence-electron chi connectivity index (χ0n) is 13.9. The van der Waals surface area contributed by atoms with Crippen molar-refractivity contribution in [3.8, 4) is 0 Å². The molecular formula is C12H20KNO10S2. The maximum absolute atomic E-state index is 10.5. The minimum atomic E-state index is -5.14. The van der Waals surface area contributed by atoms with Crippen LogP contribution in [0.4, 0.5) is 0 Å². The molecule has 1 fully saturated rings. The number of hydrogen-bond donors (Lipinski definition) is 5. The Hall–Kier alpha value is 0.866. The third-order valence-electron chi connectivity index (χ3n) is 3.18. The van der Waals surface area contributed by atoms with Crippen LogP contribution in [-0.4, -0.2) is 86.1 Å². The first kappa shape index (κ1) is 26.9. The minimum absolute atomic E-state index is 0. The van der Waals surface area contributed by atoms with Crippen molar-refractivity contribution in [3.05, 3.63) is 12.7 Å². The van der Waals surface area contributed by atoms with Gasteiger partial charge in [0.25, 0.3) is 10.4 Å². The van der Waals surface area contributed by atoms with Crippen molar-refractivity contribution in [2.75, 3.05) is 6.61 Å². The Morgan fingerprint density at radius 1 is 1.35 bits per heavy atom. The molecule has 146 valence electrons. The van der Waals surface area contributed by atoms with E-state index in [9.17, 15) is 33.4 Å². The molecule has 5 N–H and O–H groups in total. The fourth-order valence-corrected chi connectivity index (χ4v) is 3.33. The Morgan fingerprint density at radius 3 is 2.46 bits per heavy atom. The minimum Gasteiger partial charge on any atom is -0.714 e. The summed E-state index contributed by atoms with van der Waals surface area (Å²) in [5.41, 5.74) is -1.27. The van der Waals surface area contributed by atoms with E-state index in [0.29, 0.717) is 11.8 Å². The summed E-state index contributed by atoms with van der Waals surface area (Å²) >= 11 is 0.566. The van der Waals surface area contributed by atoms with Gasteiger partial charge in [0.15, 0.2) is 0 Å². The molecule has 14 heteroatoms. The predicted molar refractivity (Wildman–Crippen MR) is 85.0 cm³/mol. The molecule has 0 radical (unpaired) electrons. The second kappa shape index (κ2) is 12.4. The number of thioether (sulfide) groups is 1. The van der Waals surface area contributed by atoms with Crippen molar-refractivity contribution in [2.45, 2.75) is 48.8 Å². The molecule has 1 heterocycles. The van der Waals surface area contributed by atoms with Crippen LogP contribution in [0.5, 0.6) is 0 Å². The van der Waals surface area contributed by atoms with Gasteiger partial charge in [0.2, 0.25) is 0 Å². The molecule has 26 heavy (non-hydrogen) atoms. The van der Waals surface area contributed by atoms with Crippen molar-refractivity contribution in [3.63, 3.8) is 0 Å². The average Bonchev–Trinajstić information content (AvgIpc) is 2.52. The van der Waals surface area contributed by atoms with Crippen LogP contribution in [0.3, 0.4) is 0 Å². The van der Waals surface area contributed by atoms with Gasteiger partial charge < -0.3 is 34.8 Å². The van der Waals surface area contributed by atoms with Gasteiger partial charge in [0.05, 0.1) is 12.7 Å². The number of aliphatic hydroxyl groups excluding tert-OH is 5. The van der Waals surface area contributed by atoms with E-state index in [-0.39, 0.29) is 69.3 Å². The Balaban J connectivity index is 0.00000625. The Morgan fingerprint density at radius 2 is 1.96 bits per heavy atom. The first-order valence-corrected chi connectivity index (χ1v) is 9.27. The third-order valence-corrected chi connectivity index (χ3v) is 4.57. The summed E-state index contributed by atoms with van der Waals surface area (Å²) in [6.45, 7) is 2.77. The van der Waals surface area contributed by atoms with Crippen LogP contribution in [-0.2, 0) is 19.4 Å². The van der Waals surface area contributed by atoms with Crippen molar-refractivity contribution < 1.29 is 98.9 Å². The molecule has 1 aliphatic heterocycles. The fraction of sp³-hybridized carbons (Fsp3) is 0.750. The topological polar surface area (TPSA) is 189 Å². The molecule has 0 aromatic heterocycles.